The fourth-order valence-corrected chi connectivity index (χ4v) is 2.25. The van der Waals surface area contributed by atoms with Crippen LogP contribution in [0, 0.1) is 5.82 Å². The predicted molar refractivity (Wildman–Crippen MR) is 60.3 cm³/mol. The van der Waals surface area contributed by atoms with E-state index in [0.29, 0.717) is 37.4 Å². The first kappa shape index (κ1) is 11.1. The lowest BCUT2D eigenvalue weighted by Crippen LogP contribution is -2.18. The zero-order valence-corrected chi connectivity index (χ0v) is 9.89. The fraction of sp³-hybridized carbons (Fsp3) is 0.500. The highest BCUT2D eigenvalue weighted by Gasteiger charge is 2.41. The van der Waals surface area contributed by atoms with Crippen molar-refractivity contribution in [3.63, 3.8) is 0 Å². The average molecular weight is 259 g/mol. The molecule has 0 bridgehead atoms. The highest BCUT2D eigenvalue weighted by atomic mass is 35.5. The summed E-state index contributed by atoms with van der Waals surface area (Å²) in [6.45, 7) is 0.800. The standard InChI is InChI=1S/C12H12ClFO3/c13-9-10(14)7(6-12(15)1-2-12)5-8-11(9)17-4-3-16-8/h5,15H,1-4,6H2. The van der Waals surface area contributed by atoms with Crippen LogP contribution in [0.1, 0.15) is 18.4 Å². The van der Waals surface area contributed by atoms with E-state index in [1.54, 1.807) is 6.07 Å². The summed E-state index contributed by atoms with van der Waals surface area (Å²) >= 11 is 5.90. The van der Waals surface area contributed by atoms with Gasteiger partial charge in [-0.3, -0.25) is 0 Å². The first-order valence-corrected chi connectivity index (χ1v) is 5.96. The molecular formula is C12H12ClFO3. The topological polar surface area (TPSA) is 38.7 Å². The molecule has 3 nitrogen and oxygen atoms in total. The fourth-order valence-electron chi connectivity index (χ4n) is 1.98. The maximum absolute atomic E-state index is 14.0. The summed E-state index contributed by atoms with van der Waals surface area (Å²) in [5.74, 6) is 0.208. The molecule has 1 aliphatic heterocycles. The molecule has 1 fully saturated rings. The normalized spacial score (nSPS) is 20.2. The molecule has 1 aliphatic carbocycles. The highest BCUT2D eigenvalue weighted by molar-refractivity contribution is 6.32. The van der Waals surface area contributed by atoms with Crippen LogP contribution in [0.5, 0.6) is 11.5 Å². The number of hydrogen-bond donors (Lipinski definition) is 1. The smallest absolute Gasteiger partial charge is 0.182 e. The monoisotopic (exact) mass is 258 g/mol. The molecule has 0 atom stereocenters. The van der Waals surface area contributed by atoms with Crippen molar-refractivity contribution < 1.29 is 19.0 Å². The van der Waals surface area contributed by atoms with E-state index in [9.17, 15) is 9.50 Å². The maximum Gasteiger partial charge on any atom is 0.182 e. The van der Waals surface area contributed by atoms with Crippen molar-refractivity contribution in [2.45, 2.75) is 24.9 Å². The van der Waals surface area contributed by atoms with E-state index >= 15 is 0 Å². The van der Waals surface area contributed by atoms with Gasteiger partial charge in [0.1, 0.15) is 24.1 Å². The first-order chi connectivity index (χ1) is 8.09. The Hall–Kier alpha value is -1.00. The van der Waals surface area contributed by atoms with Gasteiger partial charge >= 0.3 is 0 Å². The number of hydrogen-bond acceptors (Lipinski definition) is 3. The molecule has 1 saturated carbocycles. The van der Waals surface area contributed by atoms with Gasteiger partial charge in [0.25, 0.3) is 0 Å². The summed E-state index contributed by atoms with van der Waals surface area (Å²) in [4.78, 5) is 0. The third-order valence-corrected chi connectivity index (χ3v) is 3.47. The molecule has 1 aromatic rings. The van der Waals surface area contributed by atoms with Crippen LogP contribution in [0.4, 0.5) is 4.39 Å². The van der Waals surface area contributed by atoms with E-state index in [1.165, 1.54) is 0 Å². The van der Waals surface area contributed by atoms with Crippen LogP contribution in [-0.2, 0) is 6.42 Å². The molecule has 0 unspecified atom stereocenters. The third-order valence-electron chi connectivity index (χ3n) is 3.14. The van der Waals surface area contributed by atoms with Crippen molar-refractivity contribution in [3.05, 3.63) is 22.5 Å². The van der Waals surface area contributed by atoms with Gasteiger partial charge in [-0.05, 0) is 24.5 Å². The van der Waals surface area contributed by atoms with Gasteiger partial charge in [-0.1, -0.05) is 11.6 Å². The SMILES string of the molecule is OC1(Cc2cc3c(c(Cl)c2F)OCCO3)CC1. The lowest BCUT2D eigenvalue weighted by atomic mass is 10.0. The molecule has 92 valence electrons. The van der Waals surface area contributed by atoms with Crippen LogP contribution in [0.15, 0.2) is 6.07 Å². The Bertz CT molecular complexity index is 471. The van der Waals surface area contributed by atoms with Gasteiger partial charge in [-0.25, -0.2) is 4.39 Å². The van der Waals surface area contributed by atoms with Gasteiger partial charge in [-0.2, -0.15) is 0 Å². The average Bonchev–Trinajstić information content (AvgIpc) is 3.04. The number of benzene rings is 1. The maximum atomic E-state index is 14.0. The Morgan fingerprint density at radius 2 is 2.06 bits per heavy atom. The Labute approximate surface area is 103 Å². The summed E-state index contributed by atoms with van der Waals surface area (Å²) < 4.78 is 24.6. The molecule has 3 rings (SSSR count). The van der Waals surface area contributed by atoms with Gasteiger partial charge in [0.15, 0.2) is 11.5 Å². The highest BCUT2D eigenvalue weighted by Crippen LogP contribution is 2.44. The Morgan fingerprint density at radius 3 is 2.76 bits per heavy atom. The van der Waals surface area contributed by atoms with Crippen molar-refractivity contribution in [2.24, 2.45) is 0 Å². The molecule has 17 heavy (non-hydrogen) atoms. The molecule has 0 saturated heterocycles. The van der Waals surface area contributed by atoms with E-state index in [4.69, 9.17) is 21.1 Å². The van der Waals surface area contributed by atoms with Gasteiger partial charge in [0.2, 0.25) is 0 Å². The molecule has 1 N–H and O–H groups in total. The molecule has 0 radical (unpaired) electrons. The molecule has 0 aromatic heterocycles. The number of aliphatic hydroxyl groups is 1. The number of halogens is 2. The Morgan fingerprint density at radius 1 is 1.35 bits per heavy atom. The van der Waals surface area contributed by atoms with Crippen LogP contribution >= 0.6 is 11.6 Å². The molecule has 1 aromatic carbocycles. The second kappa shape index (κ2) is 3.75. The van der Waals surface area contributed by atoms with E-state index in [-0.39, 0.29) is 17.2 Å². The minimum absolute atomic E-state index is 0.0542. The predicted octanol–water partition coefficient (Wildman–Crippen LogP) is 2.32. The van der Waals surface area contributed by atoms with Gasteiger partial charge in [0, 0.05) is 6.42 Å². The van der Waals surface area contributed by atoms with Crippen LogP contribution in [-0.4, -0.2) is 23.9 Å². The summed E-state index contributed by atoms with van der Waals surface area (Å²) in [6.07, 6.45) is 1.69. The van der Waals surface area contributed by atoms with Crippen molar-refractivity contribution in [3.8, 4) is 11.5 Å². The summed E-state index contributed by atoms with van der Waals surface area (Å²) in [5, 5.41) is 9.77. The largest absolute Gasteiger partial charge is 0.486 e. The molecule has 0 spiro atoms. The molecule has 2 aliphatic rings. The molecular weight excluding hydrogens is 247 g/mol. The molecule has 1 heterocycles. The van der Waals surface area contributed by atoms with Crippen LogP contribution in [0.3, 0.4) is 0 Å². The lowest BCUT2D eigenvalue weighted by molar-refractivity contribution is 0.148. The second-order valence-electron chi connectivity index (χ2n) is 4.59. The van der Waals surface area contributed by atoms with Crippen LogP contribution in [0.2, 0.25) is 5.02 Å². The van der Waals surface area contributed by atoms with Crippen molar-refractivity contribution in [2.75, 3.05) is 13.2 Å². The Kier molecular flexibility index (Phi) is 2.45. The van der Waals surface area contributed by atoms with Gasteiger partial charge in [-0.15, -0.1) is 0 Å². The number of rotatable bonds is 2. The van der Waals surface area contributed by atoms with Crippen LogP contribution < -0.4 is 9.47 Å². The minimum atomic E-state index is -0.756. The molecule has 5 heteroatoms. The minimum Gasteiger partial charge on any atom is -0.486 e. The number of ether oxygens (including phenoxy) is 2. The van der Waals surface area contributed by atoms with Crippen molar-refractivity contribution in [1.29, 1.82) is 0 Å². The number of fused-ring (bicyclic) bond motifs is 1. The summed E-state index contributed by atoms with van der Waals surface area (Å²) in [6, 6.07) is 1.58. The summed E-state index contributed by atoms with van der Waals surface area (Å²) in [5.41, 5.74) is -0.368. The van der Waals surface area contributed by atoms with E-state index in [0.717, 1.165) is 0 Å². The van der Waals surface area contributed by atoms with E-state index in [1.807, 2.05) is 0 Å². The third kappa shape index (κ3) is 1.96. The van der Waals surface area contributed by atoms with Crippen molar-refractivity contribution in [1.82, 2.24) is 0 Å². The first-order valence-electron chi connectivity index (χ1n) is 5.58. The van der Waals surface area contributed by atoms with Crippen LogP contribution in [0.25, 0.3) is 0 Å². The van der Waals surface area contributed by atoms with E-state index in [2.05, 4.69) is 0 Å². The summed E-state index contributed by atoms with van der Waals surface area (Å²) in [7, 11) is 0. The zero-order valence-electron chi connectivity index (χ0n) is 9.13. The van der Waals surface area contributed by atoms with Gasteiger partial charge in [0.05, 0.1) is 5.60 Å². The van der Waals surface area contributed by atoms with E-state index < -0.39 is 11.4 Å². The Balaban J connectivity index is 2.01. The molecule has 0 amide bonds. The zero-order chi connectivity index (χ0) is 12.0. The van der Waals surface area contributed by atoms with Crippen molar-refractivity contribution >= 4 is 11.6 Å². The van der Waals surface area contributed by atoms with Gasteiger partial charge < -0.3 is 14.6 Å². The quantitative estimate of drug-likeness (QED) is 0.885. The second-order valence-corrected chi connectivity index (χ2v) is 4.97. The lowest BCUT2D eigenvalue weighted by Gasteiger charge is -2.21.